The molecule has 24 heavy (non-hydrogen) atoms. The number of nitrogens with zero attached hydrogens (tertiary/aromatic N) is 3. The van der Waals surface area contributed by atoms with Crippen LogP contribution in [0.25, 0.3) is 10.9 Å². The number of aryl methyl sites for hydroxylation is 1. The summed E-state index contributed by atoms with van der Waals surface area (Å²) in [6.07, 6.45) is 1.38. The molecule has 6 heteroatoms. The van der Waals surface area contributed by atoms with E-state index in [1.807, 2.05) is 19.1 Å². The Morgan fingerprint density at radius 3 is 2.71 bits per heavy atom. The molecule has 0 bridgehead atoms. The van der Waals surface area contributed by atoms with Crippen molar-refractivity contribution in [1.82, 2.24) is 9.55 Å². The Morgan fingerprint density at radius 1 is 1.25 bits per heavy atom. The maximum atomic E-state index is 12.5. The quantitative estimate of drug-likeness (QED) is 0.802. The van der Waals surface area contributed by atoms with E-state index in [9.17, 15) is 9.59 Å². The van der Waals surface area contributed by atoms with Gasteiger partial charge in [-0.3, -0.25) is 14.2 Å². The minimum atomic E-state index is -0.337. The van der Waals surface area contributed by atoms with Crippen LogP contribution in [0.15, 0.2) is 53.6 Å². The van der Waals surface area contributed by atoms with Gasteiger partial charge >= 0.3 is 0 Å². The number of fused-ring (bicyclic) bond motifs is 1. The van der Waals surface area contributed by atoms with Crippen LogP contribution >= 0.6 is 0 Å². The van der Waals surface area contributed by atoms with Gasteiger partial charge in [-0.15, -0.1) is 0 Å². The zero-order valence-electron chi connectivity index (χ0n) is 13.0. The van der Waals surface area contributed by atoms with Crippen LogP contribution in [0.5, 0.6) is 0 Å². The Labute approximate surface area is 138 Å². The first-order valence-corrected chi connectivity index (χ1v) is 7.33. The van der Waals surface area contributed by atoms with E-state index in [2.05, 4.69) is 10.3 Å². The molecule has 1 amide bonds. The maximum absolute atomic E-state index is 12.5. The smallest absolute Gasteiger partial charge is 0.261 e. The molecule has 118 valence electrons. The van der Waals surface area contributed by atoms with Crippen molar-refractivity contribution in [3.63, 3.8) is 0 Å². The van der Waals surface area contributed by atoms with Crippen molar-refractivity contribution < 1.29 is 4.79 Å². The summed E-state index contributed by atoms with van der Waals surface area (Å²) in [4.78, 5) is 28.9. The highest BCUT2D eigenvalue weighted by molar-refractivity contribution is 5.90. The Kier molecular flexibility index (Phi) is 4.08. The fourth-order valence-corrected chi connectivity index (χ4v) is 2.43. The van der Waals surface area contributed by atoms with Crippen molar-refractivity contribution in [3.05, 3.63) is 70.3 Å². The van der Waals surface area contributed by atoms with Gasteiger partial charge in [0.15, 0.2) is 0 Å². The Hall–Kier alpha value is -3.46. The fraction of sp³-hybridized carbons (Fsp3) is 0.111. The number of rotatable bonds is 3. The summed E-state index contributed by atoms with van der Waals surface area (Å²) in [6.45, 7) is 1.76. The molecule has 6 nitrogen and oxygen atoms in total. The molecule has 0 atom stereocenters. The number of carbonyl (C=O) groups is 1. The van der Waals surface area contributed by atoms with Gasteiger partial charge < -0.3 is 5.32 Å². The van der Waals surface area contributed by atoms with Gasteiger partial charge in [-0.25, -0.2) is 4.98 Å². The van der Waals surface area contributed by atoms with E-state index in [1.165, 1.54) is 10.9 Å². The van der Waals surface area contributed by atoms with Crippen LogP contribution in [0.2, 0.25) is 0 Å². The normalized spacial score (nSPS) is 10.3. The fourth-order valence-electron chi connectivity index (χ4n) is 2.43. The second-order valence-electron chi connectivity index (χ2n) is 5.39. The summed E-state index contributed by atoms with van der Waals surface area (Å²) < 4.78 is 1.28. The van der Waals surface area contributed by atoms with Crippen LogP contribution in [-0.2, 0) is 11.3 Å². The molecule has 0 aliphatic heterocycles. The zero-order valence-corrected chi connectivity index (χ0v) is 13.0. The minimum absolute atomic E-state index is 0.129. The van der Waals surface area contributed by atoms with E-state index < -0.39 is 0 Å². The van der Waals surface area contributed by atoms with Crippen molar-refractivity contribution >= 4 is 22.5 Å². The van der Waals surface area contributed by atoms with Gasteiger partial charge in [0.2, 0.25) is 5.91 Å². The molecular weight excluding hydrogens is 304 g/mol. The molecule has 0 unspecified atom stereocenters. The SMILES string of the molecule is Cc1cccc2c(=O)n(CC(=O)Nc3ccc(C#N)cc3)cnc12. The molecule has 0 saturated heterocycles. The number of amides is 1. The van der Waals surface area contributed by atoms with Gasteiger partial charge in [0.1, 0.15) is 6.54 Å². The van der Waals surface area contributed by atoms with E-state index in [0.29, 0.717) is 22.2 Å². The van der Waals surface area contributed by atoms with E-state index in [-0.39, 0.29) is 18.0 Å². The average molecular weight is 318 g/mol. The molecule has 2 aromatic carbocycles. The molecule has 0 aliphatic rings. The summed E-state index contributed by atoms with van der Waals surface area (Å²) >= 11 is 0. The lowest BCUT2D eigenvalue weighted by molar-refractivity contribution is -0.116. The molecule has 0 fully saturated rings. The third-order valence-electron chi connectivity index (χ3n) is 3.67. The molecular formula is C18H14N4O2. The number of nitriles is 1. The number of hydrogen-bond acceptors (Lipinski definition) is 4. The lowest BCUT2D eigenvalue weighted by atomic mass is 10.1. The molecule has 0 radical (unpaired) electrons. The topological polar surface area (TPSA) is 87.8 Å². The number of benzene rings is 2. The molecule has 0 spiro atoms. The molecule has 1 heterocycles. The Balaban J connectivity index is 1.81. The first-order chi connectivity index (χ1) is 11.6. The highest BCUT2D eigenvalue weighted by Gasteiger charge is 2.09. The minimum Gasteiger partial charge on any atom is -0.325 e. The number of para-hydroxylation sites is 1. The number of nitrogens with one attached hydrogen (secondary N) is 1. The third-order valence-corrected chi connectivity index (χ3v) is 3.67. The molecule has 3 rings (SSSR count). The molecule has 1 N–H and O–H groups in total. The van der Waals surface area contributed by atoms with Gasteiger partial charge in [0, 0.05) is 5.69 Å². The van der Waals surface area contributed by atoms with Gasteiger partial charge in [-0.05, 0) is 42.8 Å². The monoisotopic (exact) mass is 318 g/mol. The van der Waals surface area contributed by atoms with E-state index in [0.717, 1.165) is 5.56 Å². The van der Waals surface area contributed by atoms with E-state index >= 15 is 0 Å². The average Bonchev–Trinajstić information content (AvgIpc) is 2.58. The largest absolute Gasteiger partial charge is 0.325 e. The van der Waals surface area contributed by atoms with Gasteiger partial charge in [-0.2, -0.15) is 5.26 Å². The molecule has 3 aromatic rings. The lowest BCUT2D eigenvalue weighted by Gasteiger charge is -2.08. The Morgan fingerprint density at radius 2 is 2.00 bits per heavy atom. The summed E-state index contributed by atoms with van der Waals surface area (Å²) in [5.74, 6) is -0.337. The van der Waals surface area contributed by atoms with Crippen molar-refractivity contribution in [2.45, 2.75) is 13.5 Å². The molecule has 1 aromatic heterocycles. The van der Waals surface area contributed by atoms with Crippen LogP contribution in [0.1, 0.15) is 11.1 Å². The first-order valence-electron chi connectivity index (χ1n) is 7.33. The molecule has 0 aliphatic carbocycles. The summed E-state index contributed by atoms with van der Waals surface area (Å²) in [6, 6.07) is 13.9. The molecule has 0 saturated carbocycles. The van der Waals surface area contributed by atoms with Crippen molar-refractivity contribution in [3.8, 4) is 6.07 Å². The van der Waals surface area contributed by atoms with Crippen molar-refractivity contribution in [2.75, 3.05) is 5.32 Å². The van der Waals surface area contributed by atoms with Gasteiger partial charge in [0.05, 0.1) is 28.9 Å². The number of aromatic nitrogens is 2. The predicted molar refractivity (Wildman–Crippen MR) is 90.5 cm³/mol. The van der Waals surface area contributed by atoms with E-state index in [4.69, 9.17) is 5.26 Å². The van der Waals surface area contributed by atoms with E-state index in [1.54, 1.807) is 36.4 Å². The van der Waals surface area contributed by atoms with Crippen LogP contribution < -0.4 is 10.9 Å². The second-order valence-corrected chi connectivity index (χ2v) is 5.39. The standard InChI is InChI=1S/C18H14N4O2/c1-12-3-2-4-15-17(12)20-11-22(18(15)24)10-16(23)21-14-7-5-13(9-19)6-8-14/h2-8,11H,10H2,1H3,(H,21,23). The highest BCUT2D eigenvalue weighted by atomic mass is 16.2. The van der Waals surface area contributed by atoms with Crippen LogP contribution in [-0.4, -0.2) is 15.5 Å². The first kappa shape index (κ1) is 15.4. The number of anilines is 1. The summed E-state index contributed by atoms with van der Waals surface area (Å²) in [7, 11) is 0. The summed E-state index contributed by atoms with van der Waals surface area (Å²) in [5.41, 5.74) is 2.39. The number of hydrogen-bond donors (Lipinski definition) is 1. The maximum Gasteiger partial charge on any atom is 0.261 e. The predicted octanol–water partition coefficient (Wildman–Crippen LogP) is 2.22. The highest BCUT2D eigenvalue weighted by Crippen LogP contribution is 2.12. The van der Waals surface area contributed by atoms with Crippen molar-refractivity contribution in [2.24, 2.45) is 0 Å². The van der Waals surface area contributed by atoms with Gasteiger partial charge in [0.25, 0.3) is 5.56 Å². The van der Waals surface area contributed by atoms with Crippen LogP contribution in [0.4, 0.5) is 5.69 Å². The Bertz CT molecular complexity index is 1010. The summed E-state index contributed by atoms with van der Waals surface area (Å²) in [5, 5.41) is 11.9. The third kappa shape index (κ3) is 3.01. The lowest BCUT2D eigenvalue weighted by Crippen LogP contribution is -2.28. The zero-order chi connectivity index (χ0) is 17.1. The van der Waals surface area contributed by atoms with Crippen LogP contribution in [0.3, 0.4) is 0 Å². The number of carbonyl (C=O) groups excluding carboxylic acids is 1. The van der Waals surface area contributed by atoms with Crippen LogP contribution in [0, 0.1) is 18.3 Å². The van der Waals surface area contributed by atoms with Crippen molar-refractivity contribution in [1.29, 1.82) is 5.26 Å². The van der Waals surface area contributed by atoms with Gasteiger partial charge in [-0.1, -0.05) is 12.1 Å². The second kappa shape index (κ2) is 6.34.